The van der Waals surface area contributed by atoms with Gasteiger partial charge >= 0.3 is 0 Å². The molecule has 6 heteroatoms. The van der Waals surface area contributed by atoms with Gasteiger partial charge < -0.3 is 14.2 Å². The number of likely N-dealkylation sites (tertiary alicyclic amines) is 1. The summed E-state index contributed by atoms with van der Waals surface area (Å²) in [5.74, 6) is 1.24. The number of hydrogen-bond donors (Lipinski definition) is 0. The molecule has 1 aliphatic rings. The first kappa shape index (κ1) is 15.5. The number of hydrogen-bond acceptors (Lipinski definition) is 5. The first-order valence-electron chi connectivity index (χ1n) is 7.91. The van der Waals surface area contributed by atoms with Gasteiger partial charge in [-0.2, -0.15) is 0 Å². The molecule has 0 saturated carbocycles. The van der Waals surface area contributed by atoms with Gasteiger partial charge in [-0.05, 0) is 39.7 Å². The van der Waals surface area contributed by atoms with E-state index in [0.717, 1.165) is 24.3 Å². The van der Waals surface area contributed by atoms with Crippen LogP contribution >= 0.6 is 0 Å². The van der Waals surface area contributed by atoms with Gasteiger partial charge in [-0.15, -0.1) is 0 Å². The van der Waals surface area contributed by atoms with Crippen LogP contribution in [0.15, 0.2) is 28.9 Å². The fourth-order valence-corrected chi connectivity index (χ4v) is 2.83. The van der Waals surface area contributed by atoms with E-state index >= 15 is 0 Å². The van der Waals surface area contributed by atoms with Gasteiger partial charge in [-0.25, -0.2) is 4.98 Å². The van der Waals surface area contributed by atoms with Crippen molar-refractivity contribution in [1.29, 1.82) is 0 Å². The average molecular weight is 315 g/mol. The van der Waals surface area contributed by atoms with Crippen LogP contribution in [0, 0.1) is 6.92 Å². The van der Waals surface area contributed by atoms with Gasteiger partial charge in [0.25, 0.3) is 5.91 Å². The second-order valence-corrected chi connectivity index (χ2v) is 6.08. The number of rotatable bonds is 4. The lowest BCUT2D eigenvalue weighted by Crippen LogP contribution is -2.30. The molecule has 3 heterocycles. The Hall–Kier alpha value is -2.37. The molecule has 1 aliphatic heterocycles. The Kier molecular flexibility index (Phi) is 4.32. The van der Waals surface area contributed by atoms with Crippen molar-refractivity contribution in [3.05, 3.63) is 41.4 Å². The highest BCUT2D eigenvalue weighted by atomic mass is 16.5. The van der Waals surface area contributed by atoms with Crippen LogP contribution in [0.3, 0.4) is 0 Å². The second-order valence-electron chi connectivity index (χ2n) is 6.08. The maximum absolute atomic E-state index is 12.8. The lowest BCUT2D eigenvalue weighted by Gasteiger charge is -2.22. The average Bonchev–Trinajstić information content (AvgIpc) is 3.15. The van der Waals surface area contributed by atoms with E-state index in [1.807, 2.05) is 31.7 Å². The Bertz CT molecular complexity index is 679. The molecule has 2 aromatic heterocycles. The minimum absolute atomic E-state index is 0.0369. The predicted octanol–water partition coefficient (Wildman–Crippen LogP) is 3.14. The summed E-state index contributed by atoms with van der Waals surface area (Å²) in [6.07, 6.45) is 3.48. The largest absolute Gasteiger partial charge is 0.475 e. The Labute approximate surface area is 135 Å². The molecule has 1 saturated heterocycles. The molecule has 3 rings (SSSR count). The zero-order valence-electron chi connectivity index (χ0n) is 13.7. The smallest absolute Gasteiger partial charge is 0.256 e. The Balaban J connectivity index is 1.76. The highest BCUT2D eigenvalue weighted by molar-refractivity contribution is 5.94. The number of nitrogens with zero attached hydrogens (tertiary/aromatic N) is 3. The molecule has 1 fully saturated rings. The van der Waals surface area contributed by atoms with E-state index in [4.69, 9.17) is 9.26 Å². The minimum atomic E-state index is -0.0460. The van der Waals surface area contributed by atoms with Crippen molar-refractivity contribution >= 4 is 5.91 Å². The molecule has 1 amide bonds. The van der Waals surface area contributed by atoms with Gasteiger partial charge in [0.1, 0.15) is 0 Å². The fraction of sp³-hybridized carbons (Fsp3) is 0.471. The van der Waals surface area contributed by atoms with Crippen LogP contribution in [0.5, 0.6) is 5.88 Å². The molecule has 23 heavy (non-hydrogen) atoms. The van der Waals surface area contributed by atoms with Crippen molar-refractivity contribution in [2.45, 2.75) is 45.8 Å². The Morgan fingerprint density at radius 1 is 1.43 bits per heavy atom. The van der Waals surface area contributed by atoms with Crippen LogP contribution in [0.4, 0.5) is 0 Å². The third kappa shape index (κ3) is 3.36. The van der Waals surface area contributed by atoms with E-state index in [9.17, 15) is 4.79 Å². The van der Waals surface area contributed by atoms with E-state index < -0.39 is 0 Å². The number of aryl methyl sites for hydroxylation is 1. The van der Waals surface area contributed by atoms with Gasteiger partial charge in [0.2, 0.25) is 5.88 Å². The Morgan fingerprint density at radius 2 is 2.26 bits per heavy atom. The van der Waals surface area contributed by atoms with Crippen LogP contribution in [-0.4, -0.2) is 33.6 Å². The summed E-state index contributed by atoms with van der Waals surface area (Å²) in [5, 5.41) is 3.93. The van der Waals surface area contributed by atoms with E-state index in [1.165, 1.54) is 0 Å². The molecule has 1 atom stereocenters. The van der Waals surface area contributed by atoms with Crippen LogP contribution in [0.25, 0.3) is 0 Å². The monoisotopic (exact) mass is 315 g/mol. The van der Waals surface area contributed by atoms with Gasteiger partial charge in [0.05, 0.1) is 23.4 Å². The normalized spacial score (nSPS) is 17.7. The Morgan fingerprint density at radius 3 is 2.87 bits per heavy atom. The van der Waals surface area contributed by atoms with E-state index in [1.54, 1.807) is 18.3 Å². The highest BCUT2D eigenvalue weighted by Gasteiger charge is 2.33. The lowest BCUT2D eigenvalue weighted by molar-refractivity contribution is 0.0714. The van der Waals surface area contributed by atoms with Crippen molar-refractivity contribution in [3.63, 3.8) is 0 Å². The summed E-state index contributed by atoms with van der Waals surface area (Å²) >= 11 is 0. The minimum Gasteiger partial charge on any atom is -0.475 e. The summed E-state index contributed by atoms with van der Waals surface area (Å²) in [4.78, 5) is 18.8. The molecule has 6 nitrogen and oxygen atoms in total. The van der Waals surface area contributed by atoms with E-state index in [2.05, 4.69) is 10.1 Å². The van der Waals surface area contributed by atoms with Crippen LogP contribution in [-0.2, 0) is 0 Å². The van der Waals surface area contributed by atoms with E-state index in [-0.39, 0.29) is 18.1 Å². The standard InChI is InChI=1S/C17H21N3O3/c1-11(2)22-16-7-6-13(10-18-16)17(21)20-8-4-5-14(20)15-9-12(3)19-23-15/h6-7,9-11,14H,4-5,8H2,1-3H3. The summed E-state index contributed by atoms with van der Waals surface area (Å²) in [5.41, 5.74) is 1.39. The van der Waals surface area contributed by atoms with Gasteiger partial charge in [-0.3, -0.25) is 4.79 Å². The van der Waals surface area contributed by atoms with Crippen molar-refractivity contribution in [2.24, 2.45) is 0 Å². The number of carbonyl (C=O) groups is 1. The van der Waals surface area contributed by atoms with Crippen LogP contribution in [0.2, 0.25) is 0 Å². The third-order valence-corrected chi connectivity index (χ3v) is 3.83. The number of amides is 1. The molecular weight excluding hydrogens is 294 g/mol. The highest BCUT2D eigenvalue weighted by Crippen LogP contribution is 2.33. The third-order valence-electron chi connectivity index (χ3n) is 3.83. The number of aromatic nitrogens is 2. The number of ether oxygens (including phenoxy) is 1. The number of pyridine rings is 1. The maximum Gasteiger partial charge on any atom is 0.256 e. The molecule has 0 spiro atoms. The van der Waals surface area contributed by atoms with Gasteiger partial charge in [0, 0.05) is 24.9 Å². The quantitative estimate of drug-likeness (QED) is 0.867. The zero-order chi connectivity index (χ0) is 16.4. The fourth-order valence-electron chi connectivity index (χ4n) is 2.83. The van der Waals surface area contributed by atoms with Gasteiger partial charge in [-0.1, -0.05) is 5.16 Å². The second kappa shape index (κ2) is 6.40. The molecular formula is C17H21N3O3. The summed E-state index contributed by atoms with van der Waals surface area (Å²) in [6, 6.07) is 5.34. The predicted molar refractivity (Wildman–Crippen MR) is 84.3 cm³/mol. The molecule has 0 bridgehead atoms. The molecule has 0 aliphatic carbocycles. The first-order chi connectivity index (χ1) is 11.0. The lowest BCUT2D eigenvalue weighted by atomic mass is 10.1. The first-order valence-corrected chi connectivity index (χ1v) is 7.91. The molecule has 0 aromatic carbocycles. The van der Waals surface area contributed by atoms with Gasteiger partial charge in [0.15, 0.2) is 5.76 Å². The van der Waals surface area contributed by atoms with E-state index in [0.29, 0.717) is 18.0 Å². The van der Waals surface area contributed by atoms with Crippen molar-refractivity contribution in [3.8, 4) is 5.88 Å². The number of carbonyl (C=O) groups excluding carboxylic acids is 1. The molecule has 1 unspecified atom stereocenters. The van der Waals surface area contributed by atoms with Crippen molar-refractivity contribution in [2.75, 3.05) is 6.54 Å². The van der Waals surface area contributed by atoms with Crippen LogP contribution in [0.1, 0.15) is 54.5 Å². The van der Waals surface area contributed by atoms with Crippen molar-refractivity contribution < 1.29 is 14.1 Å². The summed E-state index contributed by atoms with van der Waals surface area (Å²) in [7, 11) is 0. The molecule has 0 N–H and O–H groups in total. The summed E-state index contributed by atoms with van der Waals surface area (Å²) < 4.78 is 10.9. The zero-order valence-corrected chi connectivity index (χ0v) is 13.7. The summed E-state index contributed by atoms with van der Waals surface area (Å²) in [6.45, 7) is 6.48. The van der Waals surface area contributed by atoms with Crippen LogP contribution < -0.4 is 4.74 Å². The molecule has 2 aromatic rings. The molecule has 122 valence electrons. The topological polar surface area (TPSA) is 68.5 Å². The SMILES string of the molecule is Cc1cc(C2CCCN2C(=O)c2ccc(OC(C)C)nc2)on1. The maximum atomic E-state index is 12.8. The molecule has 0 radical (unpaired) electrons. The van der Waals surface area contributed by atoms with Crippen molar-refractivity contribution in [1.82, 2.24) is 15.0 Å².